The zero-order valence-corrected chi connectivity index (χ0v) is 15.3. The molecule has 4 rings (SSSR count). The largest absolute Gasteiger partial charge is 0.378 e. The van der Waals surface area contributed by atoms with Crippen LogP contribution in [0.1, 0.15) is 12.5 Å². The lowest BCUT2D eigenvalue weighted by atomic mass is 10.1. The van der Waals surface area contributed by atoms with E-state index < -0.39 is 0 Å². The predicted octanol–water partition coefficient (Wildman–Crippen LogP) is 2.89. The summed E-state index contributed by atoms with van der Waals surface area (Å²) in [6.07, 6.45) is 0. The first-order chi connectivity index (χ1) is 13.2. The number of para-hydroxylation sites is 1. The van der Waals surface area contributed by atoms with E-state index in [2.05, 4.69) is 5.10 Å². The summed E-state index contributed by atoms with van der Waals surface area (Å²) < 4.78 is 6.96. The number of ether oxygens (including phenoxy) is 1. The van der Waals surface area contributed by atoms with Crippen molar-refractivity contribution in [3.63, 3.8) is 0 Å². The van der Waals surface area contributed by atoms with Crippen molar-refractivity contribution in [2.45, 2.75) is 6.92 Å². The molecule has 0 atom stereocenters. The maximum absolute atomic E-state index is 13.3. The minimum atomic E-state index is -0.102. The van der Waals surface area contributed by atoms with E-state index in [0.29, 0.717) is 24.5 Å². The Morgan fingerprint density at radius 3 is 2.30 bits per heavy atom. The van der Waals surface area contributed by atoms with Crippen LogP contribution in [0.2, 0.25) is 0 Å². The van der Waals surface area contributed by atoms with Gasteiger partial charge in [0.1, 0.15) is 0 Å². The van der Waals surface area contributed by atoms with Gasteiger partial charge >= 0.3 is 0 Å². The van der Waals surface area contributed by atoms with E-state index in [1.165, 1.54) is 0 Å². The van der Waals surface area contributed by atoms with Crippen LogP contribution in [0.4, 0.5) is 0 Å². The number of nitrogens with one attached hydrogen (secondary N) is 1. The molecule has 3 aromatic rings. The quantitative estimate of drug-likeness (QED) is 0.726. The van der Waals surface area contributed by atoms with E-state index in [-0.39, 0.29) is 5.56 Å². The molecule has 6 heteroatoms. The van der Waals surface area contributed by atoms with Gasteiger partial charge in [0, 0.05) is 5.56 Å². The van der Waals surface area contributed by atoms with Gasteiger partial charge in [-0.25, -0.2) is 4.68 Å². The fourth-order valence-electron chi connectivity index (χ4n) is 3.26. The molecule has 0 aliphatic carbocycles. The number of nitrogens with zero attached hydrogens (tertiary/aromatic N) is 3. The van der Waals surface area contributed by atoms with Crippen LogP contribution in [0.25, 0.3) is 16.9 Å². The fourth-order valence-corrected chi connectivity index (χ4v) is 3.26. The van der Waals surface area contributed by atoms with E-state index in [0.717, 1.165) is 30.0 Å². The second-order valence-corrected chi connectivity index (χ2v) is 6.46. The Kier molecular flexibility index (Phi) is 4.89. The van der Waals surface area contributed by atoms with Crippen molar-refractivity contribution in [3.8, 4) is 16.9 Å². The normalized spacial score (nSPS) is 15.1. The summed E-state index contributed by atoms with van der Waals surface area (Å²) in [5.41, 5.74) is 3.72. The van der Waals surface area contributed by atoms with E-state index in [9.17, 15) is 4.79 Å². The van der Waals surface area contributed by atoms with Gasteiger partial charge in [0.2, 0.25) is 0 Å². The zero-order chi connectivity index (χ0) is 18.6. The van der Waals surface area contributed by atoms with Crippen LogP contribution < -0.4 is 5.56 Å². The van der Waals surface area contributed by atoms with Crippen molar-refractivity contribution in [1.29, 1.82) is 0 Å². The molecule has 1 aliphatic rings. The summed E-state index contributed by atoms with van der Waals surface area (Å²) in [6, 6.07) is 19.5. The molecule has 2 heterocycles. The van der Waals surface area contributed by atoms with Crippen molar-refractivity contribution >= 4 is 5.71 Å². The molecular formula is C21H22N4O2. The zero-order valence-electron chi connectivity index (χ0n) is 15.3. The van der Waals surface area contributed by atoms with Crippen LogP contribution in [0.5, 0.6) is 0 Å². The summed E-state index contributed by atoms with van der Waals surface area (Å²) in [5.74, 6) is 0. The van der Waals surface area contributed by atoms with Gasteiger partial charge in [0.05, 0.1) is 49.0 Å². The number of hydrogen-bond donors (Lipinski definition) is 1. The monoisotopic (exact) mass is 362 g/mol. The lowest BCUT2D eigenvalue weighted by molar-refractivity contribution is 0.0393. The first-order valence-corrected chi connectivity index (χ1v) is 9.08. The van der Waals surface area contributed by atoms with E-state index in [1.807, 2.05) is 72.6 Å². The standard InChI is InChI=1S/C21H22N4O2/c1-16(22-24-12-14-27-15-13-24)19-20(17-8-4-2-5-9-17)23-25(21(19)26)18-10-6-3-7-11-18/h2-11,23H,12-15H2,1H3/b22-16+. The Bertz CT molecular complexity index is 984. The number of aromatic nitrogens is 2. The molecule has 0 bridgehead atoms. The van der Waals surface area contributed by atoms with E-state index >= 15 is 0 Å². The second kappa shape index (κ2) is 7.63. The number of aromatic amines is 1. The van der Waals surface area contributed by atoms with Gasteiger partial charge in [-0.15, -0.1) is 0 Å². The van der Waals surface area contributed by atoms with Gasteiger partial charge in [0.15, 0.2) is 0 Å². The summed E-state index contributed by atoms with van der Waals surface area (Å²) in [6.45, 7) is 4.67. The topological polar surface area (TPSA) is 62.6 Å². The molecule has 0 radical (unpaired) electrons. The minimum Gasteiger partial charge on any atom is -0.378 e. The Labute approximate surface area is 157 Å². The first-order valence-electron chi connectivity index (χ1n) is 9.08. The molecule has 2 aromatic carbocycles. The van der Waals surface area contributed by atoms with Crippen molar-refractivity contribution in [3.05, 3.63) is 76.6 Å². The van der Waals surface area contributed by atoms with Gasteiger partial charge < -0.3 is 4.74 Å². The highest BCUT2D eigenvalue weighted by Crippen LogP contribution is 2.21. The molecule has 1 N–H and O–H groups in total. The number of H-pyrrole nitrogens is 1. The Balaban J connectivity index is 1.85. The average Bonchev–Trinajstić information content (AvgIpc) is 3.07. The molecule has 138 valence electrons. The fraction of sp³-hybridized carbons (Fsp3) is 0.238. The summed E-state index contributed by atoms with van der Waals surface area (Å²) in [4.78, 5) is 13.3. The maximum Gasteiger partial charge on any atom is 0.281 e. The highest BCUT2D eigenvalue weighted by atomic mass is 16.5. The van der Waals surface area contributed by atoms with E-state index in [1.54, 1.807) is 4.68 Å². The van der Waals surface area contributed by atoms with Gasteiger partial charge in [-0.05, 0) is 19.1 Å². The lowest BCUT2D eigenvalue weighted by Crippen LogP contribution is -2.33. The molecule has 6 nitrogen and oxygen atoms in total. The van der Waals surface area contributed by atoms with Gasteiger partial charge in [-0.3, -0.25) is 14.9 Å². The molecule has 0 unspecified atom stereocenters. The molecule has 0 amide bonds. The van der Waals surface area contributed by atoms with Crippen LogP contribution in [0.3, 0.4) is 0 Å². The first kappa shape index (κ1) is 17.3. The van der Waals surface area contributed by atoms with Gasteiger partial charge in [0.25, 0.3) is 5.56 Å². The van der Waals surface area contributed by atoms with E-state index in [4.69, 9.17) is 9.84 Å². The molecule has 1 saturated heterocycles. The molecule has 27 heavy (non-hydrogen) atoms. The molecule has 1 aromatic heterocycles. The lowest BCUT2D eigenvalue weighted by Gasteiger charge is -2.24. The number of morpholine rings is 1. The Hall–Kier alpha value is -3.12. The summed E-state index contributed by atoms with van der Waals surface area (Å²) in [7, 11) is 0. The minimum absolute atomic E-state index is 0.102. The average molecular weight is 362 g/mol. The number of benzene rings is 2. The van der Waals surface area contributed by atoms with Crippen molar-refractivity contribution < 1.29 is 4.74 Å². The number of rotatable bonds is 4. The smallest absolute Gasteiger partial charge is 0.281 e. The highest BCUT2D eigenvalue weighted by Gasteiger charge is 2.20. The number of hydrogen-bond acceptors (Lipinski definition) is 4. The second-order valence-electron chi connectivity index (χ2n) is 6.46. The van der Waals surface area contributed by atoms with Crippen LogP contribution in [-0.4, -0.2) is 46.8 Å². The third-order valence-electron chi connectivity index (χ3n) is 4.61. The Morgan fingerprint density at radius 2 is 1.63 bits per heavy atom. The van der Waals surface area contributed by atoms with Crippen LogP contribution >= 0.6 is 0 Å². The van der Waals surface area contributed by atoms with Crippen molar-refractivity contribution in [2.75, 3.05) is 26.3 Å². The molecular weight excluding hydrogens is 340 g/mol. The van der Waals surface area contributed by atoms with Crippen LogP contribution in [0.15, 0.2) is 70.6 Å². The van der Waals surface area contributed by atoms with Crippen LogP contribution in [0, 0.1) is 0 Å². The maximum atomic E-state index is 13.3. The molecule has 0 saturated carbocycles. The van der Waals surface area contributed by atoms with Crippen LogP contribution in [-0.2, 0) is 4.74 Å². The summed E-state index contributed by atoms with van der Waals surface area (Å²) in [5, 5.41) is 9.94. The highest BCUT2D eigenvalue weighted by molar-refractivity contribution is 6.03. The third kappa shape index (κ3) is 3.57. The predicted molar refractivity (Wildman–Crippen MR) is 106 cm³/mol. The molecule has 1 aliphatic heterocycles. The molecule has 0 spiro atoms. The third-order valence-corrected chi connectivity index (χ3v) is 4.61. The molecule has 1 fully saturated rings. The Morgan fingerprint density at radius 1 is 1.00 bits per heavy atom. The van der Waals surface area contributed by atoms with Crippen molar-refractivity contribution in [2.24, 2.45) is 5.10 Å². The SMILES string of the molecule is C/C(=N\N1CCOCC1)c1c(-c2ccccc2)[nH]n(-c2ccccc2)c1=O. The van der Waals surface area contributed by atoms with Crippen molar-refractivity contribution in [1.82, 2.24) is 14.8 Å². The summed E-state index contributed by atoms with van der Waals surface area (Å²) >= 11 is 0. The number of hydrazone groups is 1. The van der Waals surface area contributed by atoms with Gasteiger partial charge in [-0.1, -0.05) is 48.5 Å². The van der Waals surface area contributed by atoms with Gasteiger partial charge in [-0.2, -0.15) is 5.10 Å².